The van der Waals surface area contributed by atoms with E-state index in [-0.39, 0.29) is 5.82 Å². The van der Waals surface area contributed by atoms with Crippen LogP contribution in [0.4, 0.5) is 4.39 Å². The lowest BCUT2D eigenvalue weighted by Gasteiger charge is -2.17. The highest BCUT2D eigenvalue weighted by Gasteiger charge is 2.10. The molecule has 0 spiro atoms. The largest absolute Gasteiger partial charge is 0.316 e. The zero-order valence-corrected chi connectivity index (χ0v) is 13.6. The summed E-state index contributed by atoms with van der Waals surface area (Å²) in [4.78, 5) is 1.30. The molecular weight excluding hydrogens is 281 g/mol. The molecular formula is C18H22FNS. The van der Waals surface area contributed by atoms with E-state index in [1.54, 1.807) is 12.1 Å². The number of thioether (sulfide) groups is 1. The van der Waals surface area contributed by atoms with Crippen LogP contribution in [0.25, 0.3) is 0 Å². The zero-order valence-electron chi connectivity index (χ0n) is 12.8. The molecule has 2 aromatic carbocycles. The van der Waals surface area contributed by atoms with Gasteiger partial charge in [-0.1, -0.05) is 23.8 Å². The molecule has 112 valence electrons. The van der Waals surface area contributed by atoms with Gasteiger partial charge >= 0.3 is 0 Å². The van der Waals surface area contributed by atoms with Gasteiger partial charge in [0, 0.05) is 16.7 Å². The molecule has 3 heteroatoms. The maximum atomic E-state index is 13.2. The van der Waals surface area contributed by atoms with Crippen molar-refractivity contribution in [2.24, 2.45) is 0 Å². The summed E-state index contributed by atoms with van der Waals surface area (Å²) in [7, 11) is 1.99. The van der Waals surface area contributed by atoms with Crippen molar-refractivity contribution in [3.63, 3.8) is 0 Å². The molecule has 0 bridgehead atoms. The molecule has 21 heavy (non-hydrogen) atoms. The second kappa shape index (κ2) is 7.62. The van der Waals surface area contributed by atoms with E-state index in [1.165, 1.54) is 16.0 Å². The number of likely N-dealkylation sites (N-methyl/N-ethyl adjacent to an activating group) is 1. The maximum absolute atomic E-state index is 13.2. The molecule has 0 saturated carbocycles. The summed E-state index contributed by atoms with van der Waals surface area (Å²) >= 11 is 1.86. The van der Waals surface area contributed by atoms with E-state index in [1.807, 2.05) is 31.8 Å². The molecule has 1 N–H and O–H groups in total. The average molecular weight is 303 g/mol. The summed E-state index contributed by atoms with van der Waals surface area (Å²) in [6, 6.07) is 14.0. The van der Waals surface area contributed by atoms with Crippen LogP contribution in [-0.4, -0.2) is 18.8 Å². The van der Waals surface area contributed by atoms with Gasteiger partial charge in [0.2, 0.25) is 0 Å². The lowest BCUT2D eigenvalue weighted by atomic mass is 10.0. The molecule has 0 heterocycles. The fourth-order valence-corrected chi connectivity index (χ4v) is 3.42. The van der Waals surface area contributed by atoms with Gasteiger partial charge in [-0.3, -0.25) is 0 Å². The standard InChI is InChI=1S/C18H22FNS/c1-13-5-4-6-18(9-13)21-12-17(20-3)11-15-7-8-16(19)10-14(15)2/h4-10,17,20H,11-12H2,1-3H3. The van der Waals surface area contributed by atoms with E-state index < -0.39 is 0 Å². The summed E-state index contributed by atoms with van der Waals surface area (Å²) < 4.78 is 13.2. The lowest BCUT2D eigenvalue weighted by Crippen LogP contribution is -2.30. The van der Waals surface area contributed by atoms with Crippen molar-refractivity contribution in [1.29, 1.82) is 0 Å². The highest BCUT2D eigenvalue weighted by Crippen LogP contribution is 2.21. The van der Waals surface area contributed by atoms with Crippen LogP contribution in [0.3, 0.4) is 0 Å². The Balaban J connectivity index is 1.97. The van der Waals surface area contributed by atoms with Gasteiger partial charge in [0.05, 0.1) is 0 Å². The van der Waals surface area contributed by atoms with Crippen molar-refractivity contribution in [3.05, 3.63) is 65.0 Å². The Morgan fingerprint density at radius 3 is 2.62 bits per heavy atom. The smallest absolute Gasteiger partial charge is 0.123 e. The molecule has 0 aliphatic heterocycles. The van der Waals surface area contributed by atoms with Gasteiger partial charge < -0.3 is 5.32 Å². The van der Waals surface area contributed by atoms with Crippen LogP contribution in [-0.2, 0) is 6.42 Å². The minimum absolute atomic E-state index is 0.161. The van der Waals surface area contributed by atoms with E-state index in [0.29, 0.717) is 6.04 Å². The van der Waals surface area contributed by atoms with Crippen LogP contribution in [0.15, 0.2) is 47.4 Å². The predicted molar refractivity (Wildman–Crippen MR) is 89.6 cm³/mol. The Bertz CT molecular complexity index is 598. The molecule has 2 aromatic rings. The Morgan fingerprint density at radius 2 is 1.95 bits per heavy atom. The fourth-order valence-electron chi connectivity index (χ4n) is 2.30. The van der Waals surface area contributed by atoms with Gasteiger partial charge in [0.1, 0.15) is 5.82 Å². The third-order valence-corrected chi connectivity index (χ3v) is 4.78. The van der Waals surface area contributed by atoms with E-state index in [0.717, 1.165) is 17.7 Å². The third-order valence-electron chi connectivity index (χ3n) is 3.62. The van der Waals surface area contributed by atoms with Crippen LogP contribution >= 0.6 is 11.8 Å². The molecule has 0 saturated heterocycles. The zero-order chi connectivity index (χ0) is 15.2. The van der Waals surface area contributed by atoms with Crippen molar-refractivity contribution in [2.75, 3.05) is 12.8 Å². The quantitative estimate of drug-likeness (QED) is 0.796. The number of hydrogen-bond donors (Lipinski definition) is 1. The van der Waals surface area contributed by atoms with Crippen molar-refractivity contribution in [1.82, 2.24) is 5.32 Å². The molecule has 2 rings (SSSR count). The first kappa shape index (κ1) is 16.1. The van der Waals surface area contributed by atoms with Crippen LogP contribution in [0.5, 0.6) is 0 Å². The van der Waals surface area contributed by atoms with E-state index in [9.17, 15) is 4.39 Å². The topological polar surface area (TPSA) is 12.0 Å². The second-order valence-electron chi connectivity index (χ2n) is 5.39. The van der Waals surface area contributed by atoms with Crippen molar-refractivity contribution < 1.29 is 4.39 Å². The van der Waals surface area contributed by atoms with Gasteiger partial charge in [0.25, 0.3) is 0 Å². The Kier molecular flexibility index (Phi) is 5.83. The van der Waals surface area contributed by atoms with Gasteiger partial charge in [-0.2, -0.15) is 0 Å². The number of hydrogen-bond acceptors (Lipinski definition) is 2. The molecule has 0 aliphatic carbocycles. The highest BCUT2D eigenvalue weighted by atomic mass is 32.2. The minimum Gasteiger partial charge on any atom is -0.316 e. The Morgan fingerprint density at radius 1 is 1.14 bits per heavy atom. The van der Waals surface area contributed by atoms with Crippen LogP contribution in [0, 0.1) is 19.7 Å². The lowest BCUT2D eigenvalue weighted by molar-refractivity contribution is 0.607. The van der Waals surface area contributed by atoms with Gasteiger partial charge in [-0.05, 0) is 62.7 Å². The fraction of sp³-hybridized carbons (Fsp3) is 0.333. The molecule has 1 atom stereocenters. The van der Waals surface area contributed by atoms with E-state index in [4.69, 9.17) is 0 Å². The first-order valence-corrected chi connectivity index (χ1v) is 8.19. The van der Waals surface area contributed by atoms with Gasteiger partial charge in [-0.15, -0.1) is 11.8 Å². The van der Waals surface area contributed by atoms with Crippen molar-refractivity contribution in [2.45, 2.75) is 31.2 Å². The minimum atomic E-state index is -0.161. The third kappa shape index (κ3) is 4.87. The van der Waals surface area contributed by atoms with Crippen LogP contribution < -0.4 is 5.32 Å². The monoisotopic (exact) mass is 303 g/mol. The van der Waals surface area contributed by atoms with Crippen molar-refractivity contribution >= 4 is 11.8 Å². The number of rotatable bonds is 6. The summed E-state index contributed by atoms with van der Waals surface area (Å²) in [5.41, 5.74) is 3.52. The van der Waals surface area contributed by atoms with Crippen LogP contribution in [0.1, 0.15) is 16.7 Å². The van der Waals surface area contributed by atoms with Crippen LogP contribution in [0.2, 0.25) is 0 Å². The second-order valence-corrected chi connectivity index (χ2v) is 6.48. The molecule has 1 nitrogen and oxygen atoms in total. The predicted octanol–water partition coefficient (Wildman–Crippen LogP) is 4.37. The van der Waals surface area contributed by atoms with E-state index in [2.05, 4.69) is 36.5 Å². The normalized spacial score (nSPS) is 12.4. The molecule has 1 unspecified atom stereocenters. The Labute approximate surface area is 131 Å². The van der Waals surface area contributed by atoms with E-state index >= 15 is 0 Å². The van der Waals surface area contributed by atoms with Crippen molar-refractivity contribution in [3.8, 4) is 0 Å². The van der Waals surface area contributed by atoms with Gasteiger partial charge in [-0.25, -0.2) is 4.39 Å². The Hall–Kier alpha value is -1.32. The first-order valence-electron chi connectivity index (χ1n) is 7.20. The number of aryl methyl sites for hydroxylation is 2. The molecule has 0 fully saturated rings. The number of benzene rings is 2. The number of halogens is 1. The summed E-state index contributed by atoms with van der Waals surface area (Å²) in [5.74, 6) is 0.836. The average Bonchev–Trinajstić information content (AvgIpc) is 2.45. The summed E-state index contributed by atoms with van der Waals surface area (Å²) in [5, 5.41) is 3.36. The summed E-state index contributed by atoms with van der Waals surface area (Å²) in [6.45, 7) is 4.08. The first-order chi connectivity index (χ1) is 10.1. The SMILES string of the molecule is CNC(CSc1cccc(C)c1)Cc1ccc(F)cc1C. The maximum Gasteiger partial charge on any atom is 0.123 e. The molecule has 0 amide bonds. The molecule has 0 aromatic heterocycles. The summed E-state index contributed by atoms with van der Waals surface area (Å²) in [6.07, 6.45) is 0.918. The molecule has 0 radical (unpaired) electrons. The molecule has 0 aliphatic rings. The number of nitrogens with one attached hydrogen (secondary N) is 1. The van der Waals surface area contributed by atoms with Gasteiger partial charge in [0.15, 0.2) is 0 Å². The highest BCUT2D eigenvalue weighted by molar-refractivity contribution is 7.99.